The summed E-state index contributed by atoms with van der Waals surface area (Å²) in [5.41, 5.74) is 1.83. The predicted octanol–water partition coefficient (Wildman–Crippen LogP) is 5.63. The van der Waals surface area contributed by atoms with Gasteiger partial charge in [0.2, 0.25) is 12.6 Å². The third kappa shape index (κ3) is 4.31. The summed E-state index contributed by atoms with van der Waals surface area (Å²) in [6.07, 6.45) is 6.22. The van der Waals surface area contributed by atoms with Crippen LogP contribution in [0.1, 0.15) is 86.0 Å². The molecule has 2 aliphatic heterocycles. The number of fused-ring (bicyclic) bond motifs is 3. The van der Waals surface area contributed by atoms with Crippen LogP contribution in [-0.2, 0) is 23.8 Å². The second-order valence-electron chi connectivity index (χ2n) is 12.0. The monoisotopic (exact) mass is 432 g/mol. The maximum atomic E-state index is 12.3. The molecular weight excluding hydrogens is 392 g/mol. The Labute approximate surface area is 187 Å². The van der Waals surface area contributed by atoms with Gasteiger partial charge in [-0.2, -0.15) is 0 Å². The SMILES string of the molecule is C=C1CCCC(C)(C)[C@@H]2CC[C@@](C)(C[C@@H]3[C@@H]4OC(=O)C[C@H]3[C@H](OC(=O)CC(C)C)O4)[C@H]12. The molecule has 5 nitrogen and oxygen atoms in total. The molecule has 31 heavy (non-hydrogen) atoms. The van der Waals surface area contributed by atoms with Gasteiger partial charge in [-0.25, -0.2) is 0 Å². The Morgan fingerprint density at radius 1 is 1.26 bits per heavy atom. The molecule has 0 aromatic rings. The van der Waals surface area contributed by atoms with Gasteiger partial charge in [-0.1, -0.05) is 46.8 Å². The quantitative estimate of drug-likeness (QED) is 0.416. The second-order valence-corrected chi connectivity index (χ2v) is 12.0. The summed E-state index contributed by atoms with van der Waals surface area (Å²) < 4.78 is 17.3. The van der Waals surface area contributed by atoms with Crippen molar-refractivity contribution in [3.63, 3.8) is 0 Å². The molecule has 0 spiro atoms. The van der Waals surface area contributed by atoms with Crippen molar-refractivity contribution in [2.24, 2.45) is 40.4 Å². The highest BCUT2D eigenvalue weighted by Crippen LogP contribution is 2.62. The Morgan fingerprint density at radius 3 is 2.71 bits per heavy atom. The Balaban J connectivity index is 1.53. The third-order valence-corrected chi connectivity index (χ3v) is 8.63. The Kier molecular flexibility index (Phi) is 6.04. The molecular formula is C26H40O5. The lowest BCUT2D eigenvalue weighted by Gasteiger charge is -2.42. The van der Waals surface area contributed by atoms with Crippen molar-refractivity contribution in [1.82, 2.24) is 0 Å². The topological polar surface area (TPSA) is 61.8 Å². The molecule has 0 radical (unpaired) electrons. The first kappa shape index (κ1) is 22.8. The molecule has 5 heteroatoms. The van der Waals surface area contributed by atoms with Crippen molar-refractivity contribution >= 4 is 11.9 Å². The number of rotatable bonds is 5. The van der Waals surface area contributed by atoms with Crippen LogP contribution in [0, 0.1) is 40.4 Å². The van der Waals surface area contributed by atoms with Crippen molar-refractivity contribution in [2.45, 2.75) is 98.6 Å². The van der Waals surface area contributed by atoms with Crippen LogP contribution in [0.5, 0.6) is 0 Å². The number of ether oxygens (including phenoxy) is 3. The predicted molar refractivity (Wildman–Crippen MR) is 118 cm³/mol. The minimum absolute atomic E-state index is 0.0671. The van der Waals surface area contributed by atoms with Crippen LogP contribution in [0.15, 0.2) is 12.2 Å². The average Bonchev–Trinajstić information content (AvgIpc) is 3.02. The van der Waals surface area contributed by atoms with Crippen LogP contribution in [0.4, 0.5) is 0 Å². The molecule has 0 aromatic carbocycles. The Morgan fingerprint density at radius 2 is 2.00 bits per heavy atom. The smallest absolute Gasteiger partial charge is 0.308 e. The molecule has 2 saturated heterocycles. The van der Waals surface area contributed by atoms with Gasteiger partial charge in [-0.15, -0.1) is 0 Å². The fraction of sp³-hybridized carbons (Fsp3) is 0.846. The van der Waals surface area contributed by atoms with Gasteiger partial charge >= 0.3 is 11.9 Å². The summed E-state index contributed by atoms with van der Waals surface area (Å²) in [5, 5.41) is 0. The van der Waals surface area contributed by atoms with Crippen LogP contribution in [0.2, 0.25) is 0 Å². The lowest BCUT2D eigenvalue weighted by atomic mass is 9.63. The fourth-order valence-electron chi connectivity index (χ4n) is 7.14. The Bertz CT molecular complexity index is 740. The van der Waals surface area contributed by atoms with E-state index in [1.807, 2.05) is 13.8 Å². The molecule has 4 rings (SSSR count). The van der Waals surface area contributed by atoms with E-state index in [4.69, 9.17) is 14.2 Å². The minimum atomic E-state index is -0.678. The minimum Gasteiger partial charge on any atom is -0.435 e. The lowest BCUT2D eigenvalue weighted by Crippen LogP contribution is -2.40. The van der Waals surface area contributed by atoms with Gasteiger partial charge in [0.05, 0.1) is 6.42 Å². The van der Waals surface area contributed by atoms with Gasteiger partial charge < -0.3 is 14.2 Å². The van der Waals surface area contributed by atoms with Gasteiger partial charge in [-0.05, 0) is 67.1 Å². The highest BCUT2D eigenvalue weighted by Gasteiger charge is 2.58. The zero-order valence-corrected chi connectivity index (χ0v) is 19.9. The zero-order chi connectivity index (χ0) is 22.6. The average molecular weight is 433 g/mol. The highest BCUT2D eigenvalue weighted by molar-refractivity contribution is 5.72. The van der Waals surface area contributed by atoms with E-state index < -0.39 is 12.6 Å². The largest absolute Gasteiger partial charge is 0.435 e. The lowest BCUT2D eigenvalue weighted by molar-refractivity contribution is -0.210. The van der Waals surface area contributed by atoms with Gasteiger partial charge in [0.25, 0.3) is 0 Å². The fourth-order valence-corrected chi connectivity index (χ4v) is 7.14. The van der Waals surface area contributed by atoms with Crippen LogP contribution in [-0.4, -0.2) is 24.5 Å². The number of esters is 2. The summed E-state index contributed by atoms with van der Waals surface area (Å²) in [7, 11) is 0. The molecule has 2 bridgehead atoms. The van der Waals surface area contributed by atoms with Crippen LogP contribution < -0.4 is 0 Å². The summed E-state index contributed by atoms with van der Waals surface area (Å²) in [6.45, 7) is 15.8. The molecule has 4 aliphatic rings. The van der Waals surface area contributed by atoms with E-state index in [-0.39, 0.29) is 41.5 Å². The molecule has 2 saturated carbocycles. The van der Waals surface area contributed by atoms with Crippen molar-refractivity contribution < 1.29 is 23.8 Å². The van der Waals surface area contributed by atoms with Crippen LogP contribution >= 0.6 is 0 Å². The van der Waals surface area contributed by atoms with E-state index in [0.717, 1.165) is 19.3 Å². The van der Waals surface area contributed by atoms with E-state index in [0.29, 0.717) is 23.7 Å². The molecule has 4 fully saturated rings. The van der Waals surface area contributed by atoms with Gasteiger partial charge in [-0.3, -0.25) is 9.59 Å². The van der Waals surface area contributed by atoms with Gasteiger partial charge in [0, 0.05) is 18.3 Å². The molecule has 174 valence electrons. The number of carbonyl (C=O) groups excluding carboxylic acids is 2. The van der Waals surface area contributed by atoms with E-state index in [1.165, 1.54) is 24.8 Å². The van der Waals surface area contributed by atoms with Gasteiger partial charge in [0.1, 0.15) is 0 Å². The molecule has 2 aliphatic carbocycles. The summed E-state index contributed by atoms with van der Waals surface area (Å²) >= 11 is 0. The molecule has 0 unspecified atom stereocenters. The Hall–Kier alpha value is -1.36. The van der Waals surface area contributed by atoms with Crippen LogP contribution in [0.25, 0.3) is 0 Å². The molecule has 0 aromatic heterocycles. The highest BCUT2D eigenvalue weighted by atomic mass is 16.8. The second kappa shape index (κ2) is 8.20. The van der Waals surface area contributed by atoms with Crippen molar-refractivity contribution in [1.29, 1.82) is 0 Å². The number of hydrogen-bond acceptors (Lipinski definition) is 5. The van der Waals surface area contributed by atoms with Crippen molar-refractivity contribution in [2.75, 3.05) is 0 Å². The maximum Gasteiger partial charge on any atom is 0.308 e. The van der Waals surface area contributed by atoms with Crippen molar-refractivity contribution in [3.8, 4) is 0 Å². The first-order valence-electron chi connectivity index (χ1n) is 12.2. The molecule has 0 N–H and O–H groups in total. The number of allylic oxidation sites excluding steroid dienone is 1. The first-order valence-corrected chi connectivity index (χ1v) is 12.2. The summed E-state index contributed by atoms with van der Waals surface area (Å²) in [6, 6.07) is 0. The normalized spacial score (nSPS) is 41.6. The van der Waals surface area contributed by atoms with E-state index >= 15 is 0 Å². The standard InChI is InChI=1S/C26H40O5/c1-15(2)12-20(27)29-23-17-13-21(28)30-24(31-23)18(17)14-26(6)11-9-19-22(26)16(3)8-7-10-25(19,4)5/h15,17-19,22-24H,3,7-14H2,1-2,4-6H3/t17-,18+,19-,22-,23-,24-,26+/m1/s1. The van der Waals surface area contributed by atoms with E-state index in [9.17, 15) is 9.59 Å². The number of carbonyl (C=O) groups is 2. The molecule has 2 heterocycles. The van der Waals surface area contributed by atoms with Crippen LogP contribution in [0.3, 0.4) is 0 Å². The van der Waals surface area contributed by atoms with Gasteiger partial charge in [0.15, 0.2) is 0 Å². The summed E-state index contributed by atoms with van der Waals surface area (Å²) in [5.74, 6) is 0.803. The van der Waals surface area contributed by atoms with E-state index in [2.05, 4.69) is 27.4 Å². The molecule has 7 atom stereocenters. The third-order valence-electron chi connectivity index (χ3n) is 8.63. The maximum absolute atomic E-state index is 12.3. The summed E-state index contributed by atoms with van der Waals surface area (Å²) in [4.78, 5) is 24.4. The van der Waals surface area contributed by atoms with Crippen molar-refractivity contribution in [3.05, 3.63) is 12.2 Å². The zero-order valence-electron chi connectivity index (χ0n) is 19.9. The number of hydrogen-bond donors (Lipinski definition) is 0. The van der Waals surface area contributed by atoms with E-state index in [1.54, 1.807) is 0 Å². The molecule has 0 amide bonds. The first-order chi connectivity index (χ1) is 14.5.